The van der Waals surface area contributed by atoms with E-state index in [9.17, 15) is 4.79 Å². The van der Waals surface area contributed by atoms with E-state index in [1.807, 2.05) is 72.8 Å². The highest BCUT2D eigenvalue weighted by Gasteiger charge is 2.04. The first-order chi connectivity index (χ1) is 16.1. The maximum Gasteiger partial charge on any atom is 0.159 e. The van der Waals surface area contributed by atoms with E-state index in [1.165, 1.54) is 11.1 Å². The largest absolute Gasteiger partial charge is 0.493 e. The Morgan fingerprint density at radius 3 is 2.09 bits per heavy atom. The Hall–Kier alpha value is -3.85. The van der Waals surface area contributed by atoms with Crippen LogP contribution in [0, 0.1) is 6.92 Å². The van der Waals surface area contributed by atoms with Gasteiger partial charge in [-0.1, -0.05) is 78.4 Å². The second kappa shape index (κ2) is 10.6. The molecule has 0 aliphatic heterocycles. The van der Waals surface area contributed by atoms with E-state index in [-0.39, 0.29) is 5.78 Å². The lowest BCUT2D eigenvalue weighted by molar-refractivity contribution is 0.101. The first-order valence-electron chi connectivity index (χ1n) is 11.2. The molecule has 0 atom stereocenters. The molecular weight excluding hydrogens is 408 g/mol. The normalized spacial score (nSPS) is 10.6. The summed E-state index contributed by atoms with van der Waals surface area (Å²) in [4.78, 5) is 11.5. The highest BCUT2D eigenvalue weighted by molar-refractivity contribution is 5.94. The molecular formula is C30H28O3. The van der Waals surface area contributed by atoms with Crippen LogP contribution in [0.25, 0.3) is 11.1 Å². The predicted molar refractivity (Wildman–Crippen MR) is 133 cm³/mol. The van der Waals surface area contributed by atoms with Gasteiger partial charge < -0.3 is 9.47 Å². The minimum atomic E-state index is 0.0707. The monoisotopic (exact) mass is 436 g/mol. The van der Waals surface area contributed by atoms with E-state index in [0.29, 0.717) is 18.8 Å². The fourth-order valence-electron chi connectivity index (χ4n) is 3.55. The lowest BCUT2D eigenvalue weighted by Crippen LogP contribution is -2.01. The highest BCUT2D eigenvalue weighted by Crippen LogP contribution is 2.25. The molecule has 0 fully saturated rings. The fraction of sp³-hybridized carbons (Fsp3) is 0.167. The Morgan fingerprint density at radius 1 is 0.697 bits per heavy atom. The Bertz CT molecular complexity index is 1190. The zero-order valence-corrected chi connectivity index (χ0v) is 19.1. The van der Waals surface area contributed by atoms with Crippen molar-refractivity contribution in [2.75, 3.05) is 6.61 Å². The number of benzene rings is 4. The Labute approximate surface area is 195 Å². The van der Waals surface area contributed by atoms with E-state index in [1.54, 1.807) is 6.92 Å². The van der Waals surface area contributed by atoms with Crippen molar-refractivity contribution < 1.29 is 14.3 Å². The van der Waals surface area contributed by atoms with Crippen molar-refractivity contribution in [3.05, 3.63) is 119 Å². The van der Waals surface area contributed by atoms with Gasteiger partial charge in [0.25, 0.3) is 0 Å². The number of Topliss-reactive ketones (excluding diaryl/α,β-unsaturated/α-hetero) is 1. The van der Waals surface area contributed by atoms with Crippen molar-refractivity contribution in [3.8, 4) is 22.6 Å². The molecule has 0 unspecified atom stereocenters. The number of hydrogen-bond acceptors (Lipinski definition) is 3. The molecule has 33 heavy (non-hydrogen) atoms. The fourth-order valence-corrected chi connectivity index (χ4v) is 3.55. The van der Waals surface area contributed by atoms with Crippen LogP contribution in [0.2, 0.25) is 0 Å². The van der Waals surface area contributed by atoms with E-state index in [0.717, 1.165) is 34.6 Å². The summed E-state index contributed by atoms with van der Waals surface area (Å²) in [6, 6.07) is 32.2. The highest BCUT2D eigenvalue weighted by atomic mass is 16.5. The summed E-state index contributed by atoms with van der Waals surface area (Å²) < 4.78 is 11.9. The number of carbonyl (C=O) groups is 1. The topological polar surface area (TPSA) is 35.5 Å². The average molecular weight is 437 g/mol. The third-order valence-electron chi connectivity index (χ3n) is 5.57. The summed E-state index contributed by atoms with van der Waals surface area (Å²) in [5.41, 5.74) is 6.46. The molecule has 4 rings (SSSR count). The van der Waals surface area contributed by atoms with E-state index < -0.39 is 0 Å². The summed E-state index contributed by atoms with van der Waals surface area (Å²) in [5.74, 6) is 1.74. The van der Waals surface area contributed by atoms with E-state index in [2.05, 4.69) is 31.2 Å². The molecule has 0 radical (unpaired) electrons. The lowest BCUT2D eigenvalue weighted by atomic mass is 10.0. The second-order valence-electron chi connectivity index (χ2n) is 8.18. The van der Waals surface area contributed by atoms with Crippen LogP contribution in [0.3, 0.4) is 0 Å². The molecule has 3 nitrogen and oxygen atoms in total. The molecule has 3 heteroatoms. The maximum absolute atomic E-state index is 11.5. The smallest absolute Gasteiger partial charge is 0.159 e. The predicted octanol–water partition coefficient (Wildman–Crippen LogP) is 7.07. The third-order valence-corrected chi connectivity index (χ3v) is 5.57. The van der Waals surface area contributed by atoms with Gasteiger partial charge >= 0.3 is 0 Å². The molecule has 4 aromatic carbocycles. The summed E-state index contributed by atoms with van der Waals surface area (Å²) in [5, 5.41) is 0. The van der Waals surface area contributed by atoms with Crippen molar-refractivity contribution in [2.24, 2.45) is 0 Å². The Balaban J connectivity index is 1.29. The summed E-state index contributed by atoms with van der Waals surface area (Å²) in [6.07, 6.45) is 0.888. The van der Waals surface area contributed by atoms with E-state index >= 15 is 0 Å². The average Bonchev–Trinajstić information content (AvgIpc) is 2.85. The summed E-state index contributed by atoms with van der Waals surface area (Å²) in [6.45, 7) is 4.81. The van der Waals surface area contributed by atoms with E-state index in [4.69, 9.17) is 9.47 Å². The zero-order chi connectivity index (χ0) is 23.0. The molecule has 0 aromatic heterocycles. The van der Waals surface area contributed by atoms with Gasteiger partial charge in [0.2, 0.25) is 0 Å². The molecule has 0 aliphatic rings. The van der Waals surface area contributed by atoms with Crippen molar-refractivity contribution in [1.29, 1.82) is 0 Å². The molecule has 0 bridgehead atoms. The molecule has 0 spiro atoms. The third kappa shape index (κ3) is 6.33. The van der Waals surface area contributed by atoms with Crippen LogP contribution in [-0.4, -0.2) is 12.4 Å². The molecule has 0 N–H and O–H groups in total. The number of ether oxygens (including phenoxy) is 2. The maximum atomic E-state index is 11.5. The molecule has 0 amide bonds. The molecule has 0 heterocycles. The van der Waals surface area contributed by atoms with Gasteiger partial charge in [0, 0.05) is 12.0 Å². The number of aryl methyl sites for hydroxylation is 1. The van der Waals surface area contributed by atoms with Crippen LogP contribution in [0.4, 0.5) is 0 Å². The van der Waals surface area contributed by atoms with Gasteiger partial charge in [0.05, 0.1) is 6.61 Å². The first-order valence-corrected chi connectivity index (χ1v) is 11.2. The molecule has 0 saturated heterocycles. The molecule has 166 valence electrons. The number of ketones is 1. The first kappa shape index (κ1) is 22.3. The van der Waals surface area contributed by atoms with Gasteiger partial charge in [-0.15, -0.1) is 0 Å². The summed E-state index contributed by atoms with van der Waals surface area (Å²) >= 11 is 0. The van der Waals surface area contributed by atoms with Crippen LogP contribution < -0.4 is 9.47 Å². The van der Waals surface area contributed by atoms with Gasteiger partial charge in [0.1, 0.15) is 18.1 Å². The second-order valence-corrected chi connectivity index (χ2v) is 8.18. The van der Waals surface area contributed by atoms with Gasteiger partial charge in [-0.2, -0.15) is 0 Å². The Morgan fingerprint density at radius 2 is 1.39 bits per heavy atom. The zero-order valence-electron chi connectivity index (χ0n) is 19.1. The van der Waals surface area contributed by atoms with Gasteiger partial charge in [-0.3, -0.25) is 4.79 Å². The molecule has 0 aliphatic carbocycles. The van der Waals surface area contributed by atoms with Crippen LogP contribution in [-0.2, 0) is 13.0 Å². The lowest BCUT2D eigenvalue weighted by Gasteiger charge is -2.10. The molecule has 4 aromatic rings. The van der Waals surface area contributed by atoms with Crippen molar-refractivity contribution in [1.82, 2.24) is 0 Å². The van der Waals surface area contributed by atoms with Crippen molar-refractivity contribution in [2.45, 2.75) is 26.9 Å². The van der Waals surface area contributed by atoms with Crippen LogP contribution in [0.1, 0.15) is 34.0 Å². The van der Waals surface area contributed by atoms with Gasteiger partial charge in [-0.05, 0) is 60.4 Å². The number of carbonyl (C=O) groups excluding carboxylic acids is 1. The Kier molecular flexibility index (Phi) is 7.21. The van der Waals surface area contributed by atoms with Gasteiger partial charge in [-0.25, -0.2) is 0 Å². The van der Waals surface area contributed by atoms with Crippen molar-refractivity contribution in [3.63, 3.8) is 0 Å². The number of rotatable bonds is 9. The molecule has 0 saturated carbocycles. The number of hydrogen-bond donors (Lipinski definition) is 0. The summed E-state index contributed by atoms with van der Waals surface area (Å²) in [7, 11) is 0. The standard InChI is InChI=1S/C30H28O3/c1-22-6-8-24(9-7-22)18-19-32-29-16-10-25(11-17-29)21-33-30-5-3-4-28(20-30)27-14-12-26(13-15-27)23(2)31/h3-17,20H,18-19,21H2,1-2H3. The minimum Gasteiger partial charge on any atom is -0.493 e. The quantitative estimate of drug-likeness (QED) is 0.263. The van der Waals surface area contributed by atoms with Crippen LogP contribution in [0.15, 0.2) is 97.1 Å². The van der Waals surface area contributed by atoms with Crippen LogP contribution in [0.5, 0.6) is 11.5 Å². The van der Waals surface area contributed by atoms with Gasteiger partial charge in [0.15, 0.2) is 5.78 Å². The SMILES string of the molecule is CC(=O)c1ccc(-c2cccc(OCc3ccc(OCCc4ccc(C)cc4)cc3)c2)cc1. The van der Waals surface area contributed by atoms with Crippen molar-refractivity contribution >= 4 is 5.78 Å². The minimum absolute atomic E-state index is 0.0707. The van der Waals surface area contributed by atoms with Crippen LogP contribution >= 0.6 is 0 Å².